The largest absolute Gasteiger partial charge is 0.294 e. The average molecular weight is 202 g/mol. The van der Waals surface area contributed by atoms with Gasteiger partial charge in [-0.25, -0.2) is 0 Å². The first-order valence-electron chi connectivity index (χ1n) is 6.27. The van der Waals surface area contributed by atoms with Crippen LogP contribution in [-0.2, 0) is 4.79 Å². The molecule has 0 radical (unpaired) electrons. The Bertz CT molecular complexity index is 337. The molecule has 3 aliphatic rings. The van der Waals surface area contributed by atoms with Crippen LogP contribution in [0.3, 0.4) is 0 Å². The summed E-state index contributed by atoms with van der Waals surface area (Å²) in [6.07, 6.45) is 13.9. The second-order valence-corrected chi connectivity index (χ2v) is 5.18. The SMILES string of the molecule is O=C1C2=CCC=CC2CC2CCCCC12. The van der Waals surface area contributed by atoms with Gasteiger partial charge in [0.2, 0.25) is 0 Å². The lowest BCUT2D eigenvalue weighted by molar-refractivity contribution is -0.124. The summed E-state index contributed by atoms with van der Waals surface area (Å²) in [7, 11) is 0. The number of hydrogen-bond donors (Lipinski definition) is 0. The molecule has 2 fully saturated rings. The molecule has 3 unspecified atom stereocenters. The Morgan fingerprint density at radius 3 is 3.00 bits per heavy atom. The van der Waals surface area contributed by atoms with Gasteiger partial charge in [0, 0.05) is 11.8 Å². The van der Waals surface area contributed by atoms with Crippen LogP contribution in [-0.4, -0.2) is 5.78 Å². The summed E-state index contributed by atoms with van der Waals surface area (Å²) in [5, 5.41) is 0. The Morgan fingerprint density at radius 1 is 1.20 bits per heavy atom. The number of ketones is 1. The predicted octanol–water partition coefficient (Wildman–Crippen LogP) is 3.27. The Kier molecular flexibility index (Phi) is 2.27. The van der Waals surface area contributed by atoms with E-state index in [2.05, 4.69) is 18.2 Å². The van der Waals surface area contributed by atoms with Crippen LogP contribution in [0.5, 0.6) is 0 Å². The molecule has 0 saturated heterocycles. The van der Waals surface area contributed by atoms with Crippen molar-refractivity contribution in [3.05, 3.63) is 23.8 Å². The number of carbonyl (C=O) groups is 1. The van der Waals surface area contributed by atoms with Crippen LogP contribution in [0.15, 0.2) is 23.8 Å². The smallest absolute Gasteiger partial charge is 0.162 e. The van der Waals surface area contributed by atoms with Gasteiger partial charge in [-0.15, -0.1) is 0 Å². The van der Waals surface area contributed by atoms with Gasteiger partial charge < -0.3 is 0 Å². The molecule has 2 saturated carbocycles. The molecule has 80 valence electrons. The minimum Gasteiger partial charge on any atom is -0.294 e. The number of Topliss-reactive ketones (excluding diaryl/α,β-unsaturated/α-hetero) is 1. The Labute approximate surface area is 91.2 Å². The first-order chi connectivity index (χ1) is 7.36. The standard InChI is InChI=1S/C14H18O/c15-14-12-7-3-1-5-10(12)9-11-6-2-4-8-13(11)14/h1,5,7,10-11,13H,2-4,6,8-9H2. The zero-order valence-corrected chi connectivity index (χ0v) is 9.11. The maximum atomic E-state index is 12.3. The third kappa shape index (κ3) is 1.49. The second kappa shape index (κ2) is 3.62. The quantitative estimate of drug-likeness (QED) is 0.551. The molecule has 1 heteroatoms. The molecular weight excluding hydrogens is 184 g/mol. The monoisotopic (exact) mass is 202 g/mol. The first kappa shape index (κ1) is 9.38. The number of hydrogen-bond acceptors (Lipinski definition) is 1. The highest BCUT2D eigenvalue weighted by Crippen LogP contribution is 2.44. The fourth-order valence-corrected chi connectivity index (χ4v) is 3.56. The van der Waals surface area contributed by atoms with E-state index < -0.39 is 0 Å². The summed E-state index contributed by atoms with van der Waals surface area (Å²) in [4.78, 5) is 12.3. The molecule has 3 atom stereocenters. The van der Waals surface area contributed by atoms with Gasteiger partial charge in [-0.2, -0.15) is 0 Å². The second-order valence-electron chi connectivity index (χ2n) is 5.18. The number of fused-ring (bicyclic) bond motifs is 2. The normalized spacial score (nSPS) is 39.3. The van der Waals surface area contributed by atoms with Crippen molar-refractivity contribution in [1.29, 1.82) is 0 Å². The van der Waals surface area contributed by atoms with Crippen molar-refractivity contribution in [2.24, 2.45) is 17.8 Å². The zero-order chi connectivity index (χ0) is 10.3. The topological polar surface area (TPSA) is 17.1 Å². The first-order valence-corrected chi connectivity index (χ1v) is 6.27. The molecule has 0 heterocycles. The highest BCUT2D eigenvalue weighted by molar-refractivity contribution is 5.99. The lowest BCUT2D eigenvalue weighted by Crippen LogP contribution is -2.37. The van der Waals surface area contributed by atoms with E-state index in [-0.39, 0.29) is 0 Å². The van der Waals surface area contributed by atoms with E-state index >= 15 is 0 Å². The number of carbonyl (C=O) groups excluding carboxylic acids is 1. The maximum Gasteiger partial charge on any atom is 0.162 e. The third-order valence-corrected chi connectivity index (χ3v) is 4.33. The number of allylic oxidation sites excluding steroid dienone is 4. The van der Waals surface area contributed by atoms with E-state index in [1.54, 1.807) is 0 Å². The Hall–Kier alpha value is -0.850. The molecule has 3 aliphatic carbocycles. The van der Waals surface area contributed by atoms with E-state index in [0.717, 1.165) is 18.4 Å². The summed E-state index contributed by atoms with van der Waals surface area (Å²) >= 11 is 0. The number of rotatable bonds is 0. The van der Waals surface area contributed by atoms with Gasteiger partial charge in [-0.05, 0) is 37.2 Å². The summed E-state index contributed by atoms with van der Waals surface area (Å²) in [6.45, 7) is 0. The average Bonchev–Trinajstić information content (AvgIpc) is 2.30. The zero-order valence-electron chi connectivity index (χ0n) is 9.11. The van der Waals surface area contributed by atoms with Gasteiger partial charge >= 0.3 is 0 Å². The highest BCUT2D eigenvalue weighted by Gasteiger charge is 2.40. The van der Waals surface area contributed by atoms with Crippen molar-refractivity contribution in [2.45, 2.75) is 38.5 Å². The van der Waals surface area contributed by atoms with Gasteiger partial charge in [0.25, 0.3) is 0 Å². The summed E-state index contributed by atoms with van der Waals surface area (Å²) in [5.41, 5.74) is 1.14. The van der Waals surface area contributed by atoms with Crippen LogP contribution in [0.1, 0.15) is 38.5 Å². The molecule has 1 nitrogen and oxygen atoms in total. The van der Waals surface area contributed by atoms with Crippen molar-refractivity contribution >= 4 is 5.78 Å². The van der Waals surface area contributed by atoms with Crippen molar-refractivity contribution in [3.63, 3.8) is 0 Å². The van der Waals surface area contributed by atoms with Gasteiger partial charge in [0.15, 0.2) is 5.78 Å². The fourth-order valence-electron chi connectivity index (χ4n) is 3.56. The van der Waals surface area contributed by atoms with E-state index in [4.69, 9.17) is 0 Å². The molecule has 0 aromatic carbocycles. The van der Waals surface area contributed by atoms with Crippen LogP contribution in [0.25, 0.3) is 0 Å². The molecule has 15 heavy (non-hydrogen) atoms. The maximum absolute atomic E-state index is 12.3. The van der Waals surface area contributed by atoms with Gasteiger partial charge in [-0.1, -0.05) is 31.1 Å². The van der Waals surface area contributed by atoms with Crippen LogP contribution < -0.4 is 0 Å². The molecule has 0 aromatic heterocycles. The lowest BCUT2D eigenvalue weighted by Gasteiger charge is -2.39. The third-order valence-electron chi connectivity index (χ3n) is 4.33. The van der Waals surface area contributed by atoms with Gasteiger partial charge in [0.1, 0.15) is 0 Å². The van der Waals surface area contributed by atoms with Crippen LogP contribution in [0.4, 0.5) is 0 Å². The highest BCUT2D eigenvalue weighted by atomic mass is 16.1. The molecule has 0 aliphatic heterocycles. The molecule has 0 spiro atoms. The van der Waals surface area contributed by atoms with E-state index in [9.17, 15) is 4.79 Å². The summed E-state index contributed by atoms with van der Waals surface area (Å²) in [5.74, 6) is 2.02. The molecule has 3 rings (SSSR count). The minimum absolute atomic E-state index is 0.382. The summed E-state index contributed by atoms with van der Waals surface area (Å²) in [6, 6.07) is 0. The van der Waals surface area contributed by atoms with Crippen LogP contribution >= 0.6 is 0 Å². The molecule has 0 aromatic rings. The van der Waals surface area contributed by atoms with Crippen LogP contribution in [0, 0.1) is 17.8 Å². The van der Waals surface area contributed by atoms with Crippen molar-refractivity contribution in [2.75, 3.05) is 0 Å². The van der Waals surface area contributed by atoms with Crippen molar-refractivity contribution in [1.82, 2.24) is 0 Å². The van der Waals surface area contributed by atoms with E-state index in [1.165, 1.54) is 25.7 Å². The predicted molar refractivity (Wildman–Crippen MR) is 60.4 cm³/mol. The molecular formula is C14H18O. The van der Waals surface area contributed by atoms with Crippen molar-refractivity contribution in [3.8, 4) is 0 Å². The molecule has 0 N–H and O–H groups in total. The molecule has 0 bridgehead atoms. The van der Waals surface area contributed by atoms with E-state index in [0.29, 0.717) is 23.5 Å². The fraction of sp³-hybridized carbons (Fsp3) is 0.643. The summed E-state index contributed by atoms with van der Waals surface area (Å²) < 4.78 is 0. The van der Waals surface area contributed by atoms with Gasteiger partial charge in [0.05, 0.1) is 0 Å². The van der Waals surface area contributed by atoms with Crippen LogP contribution in [0.2, 0.25) is 0 Å². The minimum atomic E-state index is 0.382. The Morgan fingerprint density at radius 2 is 2.07 bits per heavy atom. The van der Waals surface area contributed by atoms with E-state index in [1.807, 2.05) is 0 Å². The van der Waals surface area contributed by atoms with Gasteiger partial charge in [-0.3, -0.25) is 4.79 Å². The van der Waals surface area contributed by atoms with Crippen molar-refractivity contribution < 1.29 is 4.79 Å². The Balaban J connectivity index is 1.89. The molecule has 0 amide bonds. The lowest BCUT2D eigenvalue weighted by atomic mass is 9.64.